The number of ether oxygens (including phenoxy) is 4. The Kier molecular flexibility index (Phi) is 9.76. The van der Waals surface area contributed by atoms with Gasteiger partial charge in [0.15, 0.2) is 5.79 Å². The van der Waals surface area contributed by atoms with Crippen LogP contribution in [0.15, 0.2) is 0 Å². The van der Waals surface area contributed by atoms with Gasteiger partial charge >= 0.3 is 11.9 Å². The highest BCUT2D eigenvalue weighted by Crippen LogP contribution is 2.42. The van der Waals surface area contributed by atoms with E-state index in [1.165, 1.54) is 20.6 Å². The molecule has 6 nitrogen and oxygen atoms in total. The summed E-state index contributed by atoms with van der Waals surface area (Å²) >= 11 is 3.48. The Labute approximate surface area is 170 Å². The first-order chi connectivity index (χ1) is 13.0. The fraction of sp³-hybridized carbons (Fsp3) is 0.895. The van der Waals surface area contributed by atoms with Crippen LogP contribution in [0.25, 0.3) is 0 Å². The summed E-state index contributed by atoms with van der Waals surface area (Å²) in [6.07, 6.45) is 6.37. The number of esters is 2. The molecule has 0 N–H and O–H groups in total. The van der Waals surface area contributed by atoms with Gasteiger partial charge in [-0.25, -0.2) is 0 Å². The van der Waals surface area contributed by atoms with Gasteiger partial charge in [-0.2, -0.15) is 23.5 Å². The minimum Gasteiger partial charge on any atom is -0.469 e. The lowest BCUT2D eigenvalue weighted by Crippen LogP contribution is -2.52. The third-order valence-electron chi connectivity index (χ3n) is 5.07. The van der Waals surface area contributed by atoms with Crippen molar-refractivity contribution in [2.75, 3.05) is 50.4 Å². The Morgan fingerprint density at radius 1 is 0.852 bits per heavy atom. The fourth-order valence-corrected chi connectivity index (χ4v) is 5.78. The van der Waals surface area contributed by atoms with Crippen molar-refractivity contribution >= 4 is 35.5 Å². The van der Waals surface area contributed by atoms with Crippen LogP contribution in [0.5, 0.6) is 0 Å². The highest BCUT2D eigenvalue weighted by atomic mass is 32.2. The zero-order valence-electron chi connectivity index (χ0n) is 16.5. The van der Waals surface area contributed by atoms with Gasteiger partial charge < -0.3 is 18.9 Å². The minimum atomic E-state index is -0.380. The van der Waals surface area contributed by atoms with Crippen LogP contribution in [0.1, 0.15) is 44.9 Å². The van der Waals surface area contributed by atoms with Crippen molar-refractivity contribution in [3.63, 3.8) is 0 Å². The molecule has 1 saturated carbocycles. The molecule has 0 unspecified atom stereocenters. The quantitative estimate of drug-likeness (QED) is 0.394. The van der Waals surface area contributed by atoms with Crippen LogP contribution in [-0.2, 0) is 28.5 Å². The maximum absolute atomic E-state index is 11.3. The first-order valence-electron chi connectivity index (χ1n) is 9.60. The average molecular weight is 421 g/mol. The molecule has 1 spiro atoms. The molecule has 2 fully saturated rings. The van der Waals surface area contributed by atoms with Crippen molar-refractivity contribution in [1.82, 2.24) is 0 Å². The molecule has 0 aromatic carbocycles. The summed E-state index contributed by atoms with van der Waals surface area (Å²) in [6, 6.07) is 0. The van der Waals surface area contributed by atoms with Gasteiger partial charge in [0.05, 0.1) is 40.3 Å². The molecule has 8 heteroatoms. The molecule has 0 atom stereocenters. The highest BCUT2D eigenvalue weighted by Gasteiger charge is 2.45. The van der Waals surface area contributed by atoms with E-state index in [1.54, 1.807) is 23.5 Å². The van der Waals surface area contributed by atoms with E-state index < -0.39 is 0 Å². The number of thioether (sulfide) groups is 2. The van der Waals surface area contributed by atoms with Crippen molar-refractivity contribution in [3.8, 4) is 0 Å². The predicted molar refractivity (Wildman–Crippen MR) is 108 cm³/mol. The number of carbonyl (C=O) groups is 2. The van der Waals surface area contributed by atoms with E-state index in [9.17, 15) is 9.59 Å². The second kappa shape index (κ2) is 11.5. The van der Waals surface area contributed by atoms with Gasteiger partial charge in [-0.05, 0) is 12.8 Å². The first kappa shape index (κ1) is 22.8. The number of carbonyl (C=O) groups excluding carboxylic acids is 2. The summed E-state index contributed by atoms with van der Waals surface area (Å²) < 4.78 is 22.0. The molecule has 156 valence electrons. The van der Waals surface area contributed by atoms with Gasteiger partial charge in [-0.3, -0.25) is 9.59 Å². The molecule has 1 saturated heterocycles. The molecule has 0 amide bonds. The van der Waals surface area contributed by atoms with Gasteiger partial charge in [0.1, 0.15) is 0 Å². The topological polar surface area (TPSA) is 71.1 Å². The summed E-state index contributed by atoms with van der Waals surface area (Å²) in [6.45, 7) is 1.34. The van der Waals surface area contributed by atoms with Crippen LogP contribution in [0, 0.1) is 5.41 Å². The average Bonchev–Trinajstić information content (AvgIpc) is 2.71. The van der Waals surface area contributed by atoms with E-state index in [1.807, 2.05) is 0 Å². The normalized spacial score (nSPS) is 21.0. The molecule has 2 aliphatic rings. The lowest BCUT2D eigenvalue weighted by atomic mass is 9.89. The van der Waals surface area contributed by atoms with Crippen LogP contribution in [-0.4, -0.2) is 68.2 Å². The van der Waals surface area contributed by atoms with Gasteiger partial charge in [0, 0.05) is 41.3 Å². The molecule has 1 heterocycles. The Morgan fingerprint density at radius 2 is 1.33 bits per heavy atom. The third-order valence-corrected chi connectivity index (χ3v) is 7.69. The number of hydrogen-bond donors (Lipinski definition) is 0. The summed E-state index contributed by atoms with van der Waals surface area (Å²) in [5.41, 5.74) is -0.0930. The van der Waals surface area contributed by atoms with E-state index in [0.29, 0.717) is 26.1 Å². The lowest BCUT2D eigenvalue weighted by molar-refractivity contribution is -0.308. The zero-order chi connectivity index (χ0) is 19.6. The molecule has 2 rings (SSSR count). The van der Waals surface area contributed by atoms with Crippen LogP contribution < -0.4 is 0 Å². The summed E-state index contributed by atoms with van der Waals surface area (Å²) in [5.74, 6) is 2.45. The predicted octanol–water partition coefficient (Wildman–Crippen LogP) is 3.27. The maximum atomic E-state index is 11.3. The van der Waals surface area contributed by atoms with Crippen LogP contribution in [0.2, 0.25) is 0 Å². The smallest absolute Gasteiger partial charge is 0.306 e. The molecule has 0 aromatic rings. The molecule has 0 aromatic heterocycles. The number of rotatable bonds is 10. The molecular weight excluding hydrogens is 388 g/mol. The minimum absolute atomic E-state index is 0.0930. The van der Waals surface area contributed by atoms with Gasteiger partial charge in [-0.15, -0.1) is 0 Å². The molecule has 0 radical (unpaired) electrons. The summed E-state index contributed by atoms with van der Waals surface area (Å²) in [7, 11) is 2.83. The van der Waals surface area contributed by atoms with Crippen LogP contribution in [0.4, 0.5) is 0 Å². The Bertz CT molecular complexity index is 443. The van der Waals surface area contributed by atoms with Crippen LogP contribution >= 0.6 is 23.5 Å². The van der Waals surface area contributed by atoms with E-state index in [-0.39, 0.29) is 23.1 Å². The first-order valence-corrected chi connectivity index (χ1v) is 11.9. The Morgan fingerprint density at radius 3 is 1.78 bits per heavy atom. The standard InChI is InChI=1S/C19H32O6S2/c1-22-16(20)6-10-26-14-18(15-27-11-7-17(21)23-2)12-24-19(25-13-18)8-4-3-5-9-19/h3-15H2,1-2H3. The van der Waals surface area contributed by atoms with E-state index in [2.05, 4.69) is 0 Å². The third kappa shape index (κ3) is 7.48. The van der Waals surface area contributed by atoms with Crippen LogP contribution in [0.3, 0.4) is 0 Å². The maximum Gasteiger partial charge on any atom is 0.306 e. The Hall–Kier alpha value is -0.440. The molecule has 27 heavy (non-hydrogen) atoms. The van der Waals surface area contributed by atoms with Crippen molar-refractivity contribution in [3.05, 3.63) is 0 Å². The van der Waals surface area contributed by atoms with Gasteiger partial charge in [0.2, 0.25) is 0 Å². The largest absolute Gasteiger partial charge is 0.469 e. The molecule has 1 aliphatic heterocycles. The van der Waals surface area contributed by atoms with E-state index >= 15 is 0 Å². The van der Waals surface area contributed by atoms with E-state index in [0.717, 1.165) is 48.7 Å². The summed E-state index contributed by atoms with van der Waals surface area (Å²) in [5, 5.41) is 0. The second-order valence-electron chi connectivity index (χ2n) is 7.31. The monoisotopic (exact) mass is 420 g/mol. The molecular formula is C19H32O6S2. The zero-order valence-corrected chi connectivity index (χ0v) is 18.1. The fourth-order valence-electron chi connectivity index (χ4n) is 3.33. The van der Waals surface area contributed by atoms with Crippen molar-refractivity contribution in [1.29, 1.82) is 0 Å². The van der Waals surface area contributed by atoms with Crippen molar-refractivity contribution < 1.29 is 28.5 Å². The van der Waals surface area contributed by atoms with Crippen molar-refractivity contribution in [2.24, 2.45) is 5.41 Å². The van der Waals surface area contributed by atoms with Gasteiger partial charge in [0.25, 0.3) is 0 Å². The molecule has 1 aliphatic carbocycles. The van der Waals surface area contributed by atoms with Gasteiger partial charge in [-0.1, -0.05) is 6.42 Å². The number of hydrogen-bond acceptors (Lipinski definition) is 8. The van der Waals surface area contributed by atoms with E-state index in [4.69, 9.17) is 18.9 Å². The van der Waals surface area contributed by atoms with Crippen molar-refractivity contribution in [2.45, 2.75) is 50.7 Å². The number of methoxy groups -OCH3 is 2. The Balaban J connectivity index is 1.84. The highest BCUT2D eigenvalue weighted by molar-refractivity contribution is 8.00. The summed E-state index contributed by atoms with van der Waals surface area (Å²) in [4.78, 5) is 22.6. The molecule has 0 bridgehead atoms. The second-order valence-corrected chi connectivity index (χ2v) is 9.52. The SMILES string of the molecule is COC(=O)CCSCC1(CSCCC(=O)OC)COC2(CCCCC2)OC1. The lowest BCUT2D eigenvalue weighted by Gasteiger charge is -2.47.